The van der Waals surface area contributed by atoms with Gasteiger partial charge in [0.25, 0.3) is 0 Å². The summed E-state index contributed by atoms with van der Waals surface area (Å²) in [6.07, 6.45) is 0. The van der Waals surface area contributed by atoms with E-state index in [0.717, 1.165) is 10.4 Å². The van der Waals surface area contributed by atoms with Crippen LogP contribution in [0.3, 0.4) is 0 Å². The fourth-order valence-corrected chi connectivity index (χ4v) is 4.46. The second-order valence-electron chi connectivity index (χ2n) is 6.44. The average Bonchev–Trinajstić information content (AvgIpc) is 3.26. The van der Waals surface area contributed by atoms with Crippen molar-refractivity contribution in [1.82, 2.24) is 15.2 Å². The van der Waals surface area contributed by atoms with Gasteiger partial charge in [-0.2, -0.15) is 0 Å². The topological polar surface area (TPSA) is 117 Å². The van der Waals surface area contributed by atoms with Gasteiger partial charge in [-0.3, -0.25) is 9.89 Å². The van der Waals surface area contributed by atoms with E-state index in [-0.39, 0.29) is 18.3 Å². The zero-order valence-corrected chi connectivity index (χ0v) is 18.6. The van der Waals surface area contributed by atoms with Gasteiger partial charge >= 0.3 is 5.97 Å². The maximum absolute atomic E-state index is 12.7. The Morgan fingerprint density at radius 3 is 2.77 bits per heavy atom. The number of aromatic amines is 1. The number of hydrogen-bond donors (Lipinski definition) is 3. The lowest BCUT2D eigenvalue weighted by molar-refractivity contribution is -0.115. The molecule has 0 aliphatic heterocycles. The highest BCUT2D eigenvalue weighted by molar-refractivity contribution is 8.00. The second-order valence-corrected chi connectivity index (χ2v) is 8.97. The van der Waals surface area contributed by atoms with Crippen LogP contribution < -0.4 is 5.32 Å². The fourth-order valence-electron chi connectivity index (χ4n) is 2.68. The molecule has 8 nitrogen and oxygen atoms in total. The number of amides is 1. The lowest BCUT2D eigenvalue weighted by Gasteiger charge is -2.10. The van der Waals surface area contributed by atoms with E-state index in [4.69, 9.17) is 4.74 Å². The number of thiophene rings is 1. The third-order valence-electron chi connectivity index (χ3n) is 4.38. The van der Waals surface area contributed by atoms with Crippen molar-refractivity contribution in [2.75, 3.05) is 11.9 Å². The molecule has 1 unspecified atom stereocenters. The number of para-hydroxylation sites is 1. The number of rotatable bonds is 7. The maximum Gasteiger partial charge on any atom is 0.341 e. The molecule has 0 aliphatic rings. The first-order chi connectivity index (χ1) is 14.3. The normalized spacial score (nSPS) is 11.9. The molecular weight excluding hydrogens is 424 g/mol. The number of phenols is 1. The molecule has 0 radical (unpaired) electrons. The Hall–Kier alpha value is -2.85. The van der Waals surface area contributed by atoms with Crippen LogP contribution in [0.5, 0.6) is 5.75 Å². The van der Waals surface area contributed by atoms with Gasteiger partial charge in [-0.15, -0.1) is 16.4 Å². The van der Waals surface area contributed by atoms with Gasteiger partial charge in [-0.05, 0) is 45.4 Å². The zero-order valence-electron chi connectivity index (χ0n) is 17.0. The molecule has 30 heavy (non-hydrogen) atoms. The monoisotopic (exact) mass is 446 g/mol. The van der Waals surface area contributed by atoms with E-state index >= 15 is 0 Å². The van der Waals surface area contributed by atoms with Crippen LogP contribution in [-0.4, -0.2) is 44.0 Å². The Labute approximate surface area is 182 Å². The molecule has 2 heterocycles. The number of esters is 1. The molecule has 158 valence electrons. The lowest BCUT2D eigenvalue weighted by Crippen LogP contribution is -2.23. The number of carbonyl (C=O) groups is 2. The van der Waals surface area contributed by atoms with Crippen LogP contribution in [-0.2, 0) is 9.53 Å². The quantitative estimate of drug-likeness (QED) is 0.369. The number of anilines is 1. The second kappa shape index (κ2) is 9.31. The summed E-state index contributed by atoms with van der Waals surface area (Å²) in [5, 5.41) is 20.0. The number of aryl methyl sites for hydroxylation is 1. The summed E-state index contributed by atoms with van der Waals surface area (Å²) >= 11 is 2.51. The van der Waals surface area contributed by atoms with Crippen LogP contribution in [0.2, 0.25) is 0 Å². The molecule has 3 N–H and O–H groups in total. The van der Waals surface area contributed by atoms with Gasteiger partial charge in [-0.25, -0.2) is 9.78 Å². The molecule has 1 atom stereocenters. The number of hydrogen-bond acceptors (Lipinski definition) is 8. The number of carbonyl (C=O) groups excluding carboxylic acids is 2. The minimum absolute atomic E-state index is 0.0888. The number of H-pyrrole nitrogens is 1. The third kappa shape index (κ3) is 4.65. The highest BCUT2D eigenvalue weighted by atomic mass is 32.2. The highest BCUT2D eigenvalue weighted by Crippen LogP contribution is 2.34. The zero-order chi connectivity index (χ0) is 21.8. The lowest BCUT2D eigenvalue weighted by atomic mass is 10.1. The SMILES string of the molecule is CCOC(=O)c1c(NC(=O)C(C)Sc2n[nH]c(-c3ccccc3O)n2)sc(C)c1C. The van der Waals surface area contributed by atoms with E-state index in [1.165, 1.54) is 23.1 Å². The summed E-state index contributed by atoms with van der Waals surface area (Å²) in [7, 11) is 0. The largest absolute Gasteiger partial charge is 0.507 e. The Morgan fingerprint density at radius 2 is 2.07 bits per heavy atom. The van der Waals surface area contributed by atoms with Gasteiger partial charge in [0.15, 0.2) is 5.82 Å². The van der Waals surface area contributed by atoms with Crippen molar-refractivity contribution in [3.63, 3.8) is 0 Å². The van der Waals surface area contributed by atoms with Gasteiger partial charge in [0.2, 0.25) is 11.1 Å². The van der Waals surface area contributed by atoms with Crippen molar-refractivity contribution in [3.8, 4) is 17.1 Å². The predicted octanol–water partition coefficient (Wildman–Crippen LogP) is 4.15. The molecule has 3 rings (SSSR count). The van der Waals surface area contributed by atoms with E-state index < -0.39 is 11.2 Å². The minimum Gasteiger partial charge on any atom is -0.507 e. The van der Waals surface area contributed by atoms with E-state index in [0.29, 0.717) is 27.1 Å². The minimum atomic E-state index is -0.518. The fraction of sp³-hybridized carbons (Fsp3) is 0.300. The molecule has 3 aromatic rings. The third-order valence-corrected chi connectivity index (χ3v) is 6.46. The van der Waals surface area contributed by atoms with Crippen molar-refractivity contribution >= 4 is 40.0 Å². The summed E-state index contributed by atoms with van der Waals surface area (Å²) in [6.45, 7) is 7.46. The first-order valence-electron chi connectivity index (χ1n) is 9.27. The molecule has 2 aromatic heterocycles. The summed E-state index contributed by atoms with van der Waals surface area (Å²) in [5.74, 6) is -0.222. The number of phenolic OH excluding ortho intramolecular Hbond substituents is 1. The number of nitrogens with zero attached hydrogens (tertiary/aromatic N) is 2. The number of ether oxygens (including phenoxy) is 1. The van der Waals surface area contributed by atoms with E-state index in [9.17, 15) is 14.7 Å². The van der Waals surface area contributed by atoms with Gasteiger partial charge < -0.3 is 15.2 Å². The van der Waals surface area contributed by atoms with E-state index in [1.807, 2.05) is 13.8 Å². The number of aromatic nitrogens is 3. The summed E-state index contributed by atoms with van der Waals surface area (Å²) in [4.78, 5) is 30.3. The summed E-state index contributed by atoms with van der Waals surface area (Å²) < 4.78 is 5.12. The first kappa shape index (κ1) is 21.8. The number of thioether (sulfide) groups is 1. The molecule has 10 heteroatoms. The first-order valence-corrected chi connectivity index (χ1v) is 11.0. The molecule has 0 fully saturated rings. The number of benzene rings is 1. The van der Waals surface area contributed by atoms with Crippen LogP contribution in [0, 0.1) is 13.8 Å². The van der Waals surface area contributed by atoms with Crippen molar-refractivity contribution in [1.29, 1.82) is 0 Å². The van der Waals surface area contributed by atoms with Gasteiger partial charge in [-0.1, -0.05) is 23.9 Å². The Balaban J connectivity index is 1.71. The van der Waals surface area contributed by atoms with Crippen molar-refractivity contribution < 1.29 is 19.4 Å². The highest BCUT2D eigenvalue weighted by Gasteiger charge is 2.25. The summed E-state index contributed by atoms with van der Waals surface area (Å²) in [6, 6.07) is 6.79. The van der Waals surface area contributed by atoms with Gasteiger partial charge in [0, 0.05) is 4.88 Å². The van der Waals surface area contributed by atoms with Gasteiger partial charge in [0.05, 0.1) is 23.0 Å². The standard InChI is InChI=1S/C20H22N4O4S2/c1-5-28-19(27)15-10(2)11(3)29-18(15)22-17(26)12(4)30-20-21-16(23-24-20)13-8-6-7-9-14(13)25/h6-9,12,25H,5H2,1-4H3,(H,22,26)(H,21,23,24). The molecular formula is C20H22N4O4S2. The molecule has 1 aromatic carbocycles. The molecule has 0 bridgehead atoms. The summed E-state index contributed by atoms with van der Waals surface area (Å²) in [5.41, 5.74) is 1.72. The van der Waals surface area contributed by atoms with Crippen LogP contribution in [0.15, 0.2) is 29.4 Å². The number of nitrogens with one attached hydrogen (secondary N) is 2. The Morgan fingerprint density at radius 1 is 1.33 bits per heavy atom. The molecule has 0 spiro atoms. The van der Waals surface area contributed by atoms with Crippen molar-refractivity contribution in [3.05, 3.63) is 40.3 Å². The molecule has 0 saturated heterocycles. The Bertz CT molecular complexity index is 1080. The van der Waals surface area contributed by atoms with E-state index in [2.05, 4.69) is 20.5 Å². The van der Waals surface area contributed by atoms with Crippen LogP contribution in [0.4, 0.5) is 5.00 Å². The van der Waals surface area contributed by atoms with Crippen LogP contribution in [0.25, 0.3) is 11.4 Å². The van der Waals surface area contributed by atoms with Crippen molar-refractivity contribution in [2.24, 2.45) is 0 Å². The smallest absolute Gasteiger partial charge is 0.341 e. The Kier molecular flexibility index (Phi) is 6.78. The molecule has 0 aliphatic carbocycles. The molecule has 0 saturated carbocycles. The van der Waals surface area contributed by atoms with Crippen molar-refractivity contribution in [2.45, 2.75) is 38.1 Å². The maximum atomic E-state index is 12.7. The van der Waals surface area contributed by atoms with Crippen LogP contribution in [0.1, 0.15) is 34.6 Å². The molecule has 1 amide bonds. The van der Waals surface area contributed by atoms with E-state index in [1.54, 1.807) is 38.1 Å². The predicted molar refractivity (Wildman–Crippen MR) is 117 cm³/mol. The number of aromatic hydroxyl groups is 1. The van der Waals surface area contributed by atoms with Crippen LogP contribution >= 0.6 is 23.1 Å². The average molecular weight is 447 g/mol. The van der Waals surface area contributed by atoms with Gasteiger partial charge in [0.1, 0.15) is 10.8 Å².